The first kappa shape index (κ1) is 14.2. The van der Waals surface area contributed by atoms with Gasteiger partial charge in [0.15, 0.2) is 15.7 Å². The Kier molecular flexibility index (Phi) is 3.84. The molecule has 0 aliphatic heterocycles. The van der Waals surface area contributed by atoms with Crippen molar-refractivity contribution in [3.8, 4) is 0 Å². The van der Waals surface area contributed by atoms with Gasteiger partial charge in [0.05, 0.1) is 11.3 Å². The van der Waals surface area contributed by atoms with Crippen molar-refractivity contribution in [2.75, 3.05) is 0 Å². The van der Waals surface area contributed by atoms with Crippen molar-refractivity contribution < 1.29 is 22.8 Å². The molecule has 0 spiro atoms. The molecule has 8 heteroatoms. The monoisotopic (exact) mass is 296 g/mol. The highest BCUT2D eigenvalue weighted by molar-refractivity contribution is 7.90. The van der Waals surface area contributed by atoms with Crippen LogP contribution in [0.5, 0.6) is 0 Å². The van der Waals surface area contributed by atoms with Crippen molar-refractivity contribution in [1.29, 1.82) is 0 Å². The summed E-state index contributed by atoms with van der Waals surface area (Å²) in [5.41, 5.74) is 0.534. The summed E-state index contributed by atoms with van der Waals surface area (Å²) in [5.74, 6) is -0.935. The van der Waals surface area contributed by atoms with E-state index < -0.39 is 15.8 Å². The van der Waals surface area contributed by atoms with Crippen LogP contribution in [0.1, 0.15) is 17.3 Å². The van der Waals surface area contributed by atoms with Gasteiger partial charge in [-0.1, -0.05) is 17.3 Å². The standard InChI is InChI=1S/C12H12N2O5S/c1-8-13-11(14-19-8)7-20(17,18)10-4-2-9(3-5-10)6-12(15)16/h2-5H,6-7H2,1H3,(H,15,16). The molecule has 0 fully saturated rings. The lowest BCUT2D eigenvalue weighted by Gasteiger charge is -2.03. The van der Waals surface area contributed by atoms with Crippen molar-refractivity contribution in [1.82, 2.24) is 10.1 Å². The Morgan fingerprint density at radius 2 is 1.95 bits per heavy atom. The quantitative estimate of drug-likeness (QED) is 0.875. The first-order chi connectivity index (χ1) is 9.37. The molecule has 1 heterocycles. The summed E-state index contributed by atoms with van der Waals surface area (Å²) in [6.07, 6.45) is -0.148. The van der Waals surface area contributed by atoms with Crippen LogP contribution in [-0.4, -0.2) is 29.6 Å². The van der Waals surface area contributed by atoms with Crippen LogP contribution in [0.3, 0.4) is 0 Å². The summed E-state index contributed by atoms with van der Waals surface area (Å²) in [4.78, 5) is 14.5. The molecule has 0 saturated heterocycles. The maximum absolute atomic E-state index is 12.1. The summed E-state index contributed by atoms with van der Waals surface area (Å²) < 4.78 is 28.9. The zero-order valence-corrected chi connectivity index (χ0v) is 11.4. The Labute approximate surface area is 115 Å². The van der Waals surface area contributed by atoms with Crippen LogP contribution in [0.4, 0.5) is 0 Å². The normalized spacial score (nSPS) is 11.4. The largest absolute Gasteiger partial charge is 0.481 e. The van der Waals surface area contributed by atoms with Crippen molar-refractivity contribution in [2.24, 2.45) is 0 Å². The van der Waals surface area contributed by atoms with Gasteiger partial charge in [0, 0.05) is 6.92 Å². The van der Waals surface area contributed by atoms with Gasteiger partial charge >= 0.3 is 5.97 Å². The van der Waals surface area contributed by atoms with Crippen LogP contribution in [-0.2, 0) is 26.8 Å². The summed E-state index contributed by atoms with van der Waals surface area (Å²) >= 11 is 0. The van der Waals surface area contributed by atoms with E-state index in [-0.39, 0.29) is 22.9 Å². The molecule has 0 amide bonds. The maximum atomic E-state index is 12.1. The molecule has 2 rings (SSSR count). The number of benzene rings is 1. The maximum Gasteiger partial charge on any atom is 0.307 e. The molecule has 0 aliphatic rings. The second-order valence-corrected chi connectivity index (χ2v) is 6.19. The van der Waals surface area contributed by atoms with Crippen LogP contribution in [0.15, 0.2) is 33.7 Å². The number of sulfone groups is 1. The zero-order valence-electron chi connectivity index (χ0n) is 10.6. The van der Waals surface area contributed by atoms with Gasteiger partial charge < -0.3 is 9.63 Å². The summed E-state index contributed by atoms with van der Waals surface area (Å²) in [6, 6.07) is 5.70. The molecule has 7 nitrogen and oxygen atoms in total. The number of aromatic nitrogens is 2. The van der Waals surface area contributed by atoms with Crippen LogP contribution in [0.2, 0.25) is 0 Å². The Morgan fingerprint density at radius 3 is 2.45 bits per heavy atom. The minimum Gasteiger partial charge on any atom is -0.481 e. The lowest BCUT2D eigenvalue weighted by Crippen LogP contribution is -2.07. The molecule has 1 N–H and O–H groups in total. The van der Waals surface area contributed by atoms with E-state index in [1.807, 2.05) is 0 Å². The molecule has 0 saturated carbocycles. The number of carboxylic acids is 1. The molecular weight excluding hydrogens is 284 g/mol. The fraction of sp³-hybridized carbons (Fsp3) is 0.250. The van der Waals surface area contributed by atoms with E-state index in [1.165, 1.54) is 24.3 Å². The van der Waals surface area contributed by atoms with Crippen molar-refractivity contribution >= 4 is 15.8 Å². The predicted octanol–water partition coefficient (Wildman–Crippen LogP) is 0.979. The van der Waals surface area contributed by atoms with Crippen LogP contribution < -0.4 is 0 Å². The van der Waals surface area contributed by atoms with Crippen LogP contribution in [0.25, 0.3) is 0 Å². The van der Waals surface area contributed by atoms with Gasteiger partial charge in [0.1, 0.15) is 5.75 Å². The van der Waals surface area contributed by atoms with E-state index in [9.17, 15) is 13.2 Å². The Balaban J connectivity index is 2.19. The van der Waals surface area contributed by atoms with Gasteiger partial charge in [-0.15, -0.1) is 0 Å². The number of carbonyl (C=O) groups is 1. The van der Waals surface area contributed by atoms with Crippen LogP contribution >= 0.6 is 0 Å². The number of aryl methyl sites for hydroxylation is 1. The molecule has 0 bridgehead atoms. The van der Waals surface area contributed by atoms with Gasteiger partial charge in [-0.25, -0.2) is 8.42 Å². The highest BCUT2D eigenvalue weighted by Crippen LogP contribution is 2.16. The zero-order chi connectivity index (χ0) is 14.8. The lowest BCUT2D eigenvalue weighted by molar-refractivity contribution is -0.136. The molecule has 0 aliphatic carbocycles. The highest BCUT2D eigenvalue weighted by Gasteiger charge is 2.18. The number of hydrogen-bond donors (Lipinski definition) is 1. The third-order valence-electron chi connectivity index (χ3n) is 2.53. The molecule has 2 aromatic rings. The first-order valence-electron chi connectivity index (χ1n) is 5.69. The van der Waals surface area contributed by atoms with Crippen molar-refractivity contribution in [3.63, 3.8) is 0 Å². The smallest absolute Gasteiger partial charge is 0.307 e. The number of carboxylic acid groups (broad SMARTS) is 1. The average Bonchev–Trinajstić information content (AvgIpc) is 2.74. The Bertz CT molecular complexity index is 719. The summed E-state index contributed by atoms with van der Waals surface area (Å²) in [7, 11) is -3.58. The average molecular weight is 296 g/mol. The molecule has 0 unspecified atom stereocenters. The van der Waals surface area contributed by atoms with Crippen molar-refractivity contribution in [2.45, 2.75) is 24.0 Å². The molecule has 0 radical (unpaired) electrons. The number of rotatable bonds is 5. The number of nitrogens with zero attached hydrogens (tertiary/aromatic N) is 2. The summed E-state index contributed by atoms with van der Waals surface area (Å²) in [6.45, 7) is 1.57. The van der Waals surface area contributed by atoms with E-state index in [0.29, 0.717) is 11.5 Å². The van der Waals surface area contributed by atoms with Gasteiger partial charge in [0.25, 0.3) is 0 Å². The number of hydrogen-bond acceptors (Lipinski definition) is 6. The number of aliphatic carboxylic acids is 1. The highest BCUT2D eigenvalue weighted by atomic mass is 32.2. The molecule has 1 aromatic carbocycles. The van der Waals surface area contributed by atoms with E-state index >= 15 is 0 Å². The fourth-order valence-corrected chi connectivity index (χ4v) is 2.82. The van der Waals surface area contributed by atoms with Gasteiger partial charge in [-0.2, -0.15) is 4.98 Å². The molecule has 20 heavy (non-hydrogen) atoms. The lowest BCUT2D eigenvalue weighted by atomic mass is 10.2. The molecule has 1 aromatic heterocycles. The van der Waals surface area contributed by atoms with Gasteiger partial charge in [-0.3, -0.25) is 4.79 Å². The van der Waals surface area contributed by atoms with Gasteiger partial charge in [0.2, 0.25) is 5.89 Å². The minimum atomic E-state index is -3.58. The first-order valence-corrected chi connectivity index (χ1v) is 7.35. The van der Waals surface area contributed by atoms with E-state index in [4.69, 9.17) is 9.63 Å². The molecule has 106 valence electrons. The Morgan fingerprint density at radius 1 is 1.30 bits per heavy atom. The van der Waals surface area contributed by atoms with E-state index in [1.54, 1.807) is 6.92 Å². The van der Waals surface area contributed by atoms with Crippen LogP contribution in [0, 0.1) is 6.92 Å². The molecule has 0 atom stereocenters. The SMILES string of the molecule is Cc1nc(CS(=O)(=O)c2ccc(CC(=O)O)cc2)no1. The predicted molar refractivity (Wildman–Crippen MR) is 67.7 cm³/mol. The third kappa shape index (κ3) is 3.41. The second-order valence-electron chi connectivity index (χ2n) is 4.20. The second kappa shape index (κ2) is 5.41. The third-order valence-corrected chi connectivity index (χ3v) is 4.16. The Hall–Kier alpha value is -2.22. The summed E-state index contributed by atoms with van der Waals surface area (Å²) in [5, 5.41) is 12.2. The van der Waals surface area contributed by atoms with Crippen molar-refractivity contribution in [3.05, 3.63) is 41.5 Å². The van der Waals surface area contributed by atoms with E-state index in [0.717, 1.165) is 0 Å². The fourth-order valence-electron chi connectivity index (χ4n) is 1.64. The van der Waals surface area contributed by atoms with Gasteiger partial charge in [-0.05, 0) is 17.7 Å². The molecular formula is C12H12N2O5S. The topological polar surface area (TPSA) is 110 Å². The minimum absolute atomic E-state index is 0.0918. The van der Waals surface area contributed by atoms with E-state index in [2.05, 4.69) is 10.1 Å².